The van der Waals surface area contributed by atoms with Gasteiger partial charge in [-0.25, -0.2) is 0 Å². The second-order valence-electron chi connectivity index (χ2n) is 0.632. The summed E-state index contributed by atoms with van der Waals surface area (Å²) in [6.07, 6.45) is 0. The fourth-order valence-electron chi connectivity index (χ4n) is 0.0645. The summed E-state index contributed by atoms with van der Waals surface area (Å²) in [4.78, 5) is 0. The lowest BCUT2D eigenvalue weighted by atomic mass is 10.8. The normalized spacial score (nSPS) is 8.40. The molecule has 5 heavy (non-hydrogen) atoms. The molecule has 0 unspecified atom stereocenters. The number of hydrogen-bond donors (Lipinski definition) is 1. The Morgan fingerprint density at radius 3 is 2.40 bits per heavy atom. The van der Waals surface area contributed by atoms with Crippen LogP contribution in [-0.2, 0) is 4.74 Å². The van der Waals surface area contributed by atoms with Crippen LogP contribution in [0.25, 0.3) is 0 Å². The highest BCUT2D eigenvalue weighted by molar-refractivity contribution is 4.16. The smallest absolute Gasteiger partial charge is 0.0701 e. The first-order valence-corrected chi connectivity index (χ1v) is 1.39. The van der Waals surface area contributed by atoms with Gasteiger partial charge in [0.1, 0.15) is 0 Å². The van der Waals surface area contributed by atoms with Gasteiger partial charge in [0.2, 0.25) is 0 Å². The topological polar surface area (TPSA) is 29.5 Å². The molecule has 1 radical (unpaired) electrons. The average molecular weight is 75.1 g/mol. The van der Waals surface area contributed by atoms with Gasteiger partial charge in [-0.2, -0.15) is 0 Å². The fraction of sp³-hybridized carbons (Fsp3) is 0.667. The lowest BCUT2D eigenvalue weighted by Gasteiger charge is -1.83. The third kappa shape index (κ3) is 3.92. The molecule has 2 nitrogen and oxygen atoms in total. The Bertz CT molecular complexity index is 12.4. The summed E-state index contributed by atoms with van der Waals surface area (Å²) in [5.74, 6) is 0. The minimum absolute atomic E-state index is 0.0590. The van der Waals surface area contributed by atoms with Crippen LogP contribution in [0.2, 0.25) is 0 Å². The molecular formula is C3H7O2. The van der Waals surface area contributed by atoms with Crippen LogP contribution in [0, 0.1) is 7.11 Å². The molecule has 0 amide bonds. The molecule has 2 heteroatoms. The highest BCUT2D eigenvalue weighted by Gasteiger charge is 1.67. The monoisotopic (exact) mass is 75.0 g/mol. The summed E-state index contributed by atoms with van der Waals surface area (Å²) in [5.41, 5.74) is 0. The highest BCUT2D eigenvalue weighted by Crippen LogP contribution is 1.59. The Morgan fingerprint density at radius 1 is 1.80 bits per heavy atom. The van der Waals surface area contributed by atoms with Gasteiger partial charge < -0.3 is 9.84 Å². The molecule has 0 aromatic heterocycles. The molecule has 0 aliphatic rings. The molecule has 0 saturated carbocycles. The second kappa shape index (κ2) is 3.92. The standard InChI is InChI=1S/C3H7O2/c1-5-3-2-4/h4H,1-3H2. The van der Waals surface area contributed by atoms with Crippen molar-refractivity contribution in [2.75, 3.05) is 13.2 Å². The maximum Gasteiger partial charge on any atom is 0.0701 e. The van der Waals surface area contributed by atoms with Crippen LogP contribution >= 0.6 is 0 Å². The van der Waals surface area contributed by atoms with Crippen LogP contribution in [-0.4, -0.2) is 18.3 Å². The number of rotatable bonds is 2. The SMILES string of the molecule is [CH2]OCCO. The molecule has 0 aliphatic carbocycles. The predicted octanol–water partition coefficient (Wildman–Crippen LogP) is -0.213. The number of ether oxygens (including phenoxy) is 1. The van der Waals surface area contributed by atoms with Crippen molar-refractivity contribution in [3.8, 4) is 0 Å². The molecule has 0 bridgehead atoms. The summed E-state index contributed by atoms with van der Waals surface area (Å²) >= 11 is 0. The van der Waals surface area contributed by atoms with E-state index in [2.05, 4.69) is 11.8 Å². The van der Waals surface area contributed by atoms with E-state index < -0.39 is 0 Å². The molecule has 0 rings (SSSR count). The van der Waals surface area contributed by atoms with E-state index in [1.165, 1.54) is 0 Å². The third-order valence-corrected chi connectivity index (χ3v) is 0.236. The quantitative estimate of drug-likeness (QED) is 0.492. The van der Waals surface area contributed by atoms with Gasteiger partial charge in [0.25, 0.3) is 0 Å². The van der Waals surface area contributed by atoms with Crippen LogP contribution in [0.3, 0.4) is 0 Å². The Labute approximate surface area is 31.4 Å². The molecule has 1 N–H and O–H groups in total. The fourth-order valence-corrected chi connectivity index (χ4v) is 0.0645. The molecule has 0 aromatic rings. The number of aliphatic hydroxyl groups excluding tert-OH is 1. The number of aliphatic hydroxyl groups is 1. The molecule has 0 atom stereocenters. The summed E-state index contributed by atoms with van der Waals surface area (Å²) in [7, 11) is 3.02. The minimum Gasteiger partial charge on any atom is -0.394 e. The van der Waals surface area contributed by atoms with Crippen molar-refractivity contribution >= 4 is 0 Å². The molecular weight excluding hydrogens is 68.0 g/mol. The van der Waals surface area contributed by atoms with E-state index in [0.29, 0.717) is 6.61 Å². The van der Waals surface area contributed by atoms with Crippen molar-refractivity contribution in [3.05, 3.63) is 7.11 Å². The molecule has 31 valence electrons. The Morgan fingerprint density at radius 2 is 2.40 bits per heavy atom. The zero-order chi connectivity index (χ0) is 4.12. The van der Waals surface area contributed by atoms with Crippen molar-refractivity contribution in [2.45, 2.75) is 0 Å². The van der Waals surface area contributed by atoms with Crippen LogP contribution in [0.4, 0.5) is 0 Å². The van der Waals surface area contributed by atoms with Crippen molar-refractivity contribution in [2.24, 2.45) is 0 Å². The number of hydrogen-bond acceptors (Lipinski definition) is 2. The van der Waals surface area contributed by atoms with Crippen molar-refractivity contribution in [3.63, 3.8) is 0 Å². The Balaban J connectivity index is 2.19. The highest BCUT2D eigenvalue weighted by atomic mass is 16.5. The predicted molar refractivity (Wildman–Crippen MR) is 18.4 cm³/mol. The van der Waals surface area contributed by atoms with E-state index in [1.54, 1.807) is 0 Å². The zero-order valence-corrected chi connectivity index (χ0v) is 2.98. The van der Waals surface area contributed by atoms with Gasteiger partial charge in [-0.15, -0.1) is 0 Å². The largest absolute Gasteiger partial charge is 0.394 e. The van der Waals surface area contributed by atoms with E-state index in [-0.39, 0.29) is 6.61 Å². The van der Waals surface area contributed by atoms with Crippen LogP contribution < -0.4 is 0 Å². The van der Waals surface area contributed by atoms with Crippen molar-refractivity contribution in [1.82, 2.24) is 0 Å². The van der Waals surface area contributed by atoms with Gasteiger partial charge in [0.15, 0.2) is 0 Å². The van der Waals surface area contributed by atoms with Gasteiger partial charge in [-0.1, -0.05) is 0 Å². The van der Waals surface area contributed by atoms with Crippen molar-refractivity contribution < 1.29 is 9.84 Å². The molecule has 0 spiro atoms. The molecule has 0 heterocycles. The first-order valence-electron chi connectivity index (χ1n) is 1.39. The molecule has 0 saturated heterocycles. The van der Waals surface area contributed by atoms with Gasteiger partial charge in [0.05, 0.1) is 20.3 Å². The minimum atomic E-state index is 0.0590. The zero-order valence-electron chi connectivity index (χ0n) is 2.98. The second-order valence-corrected chi connectivity index (χ2v) is 0.632. The maximum atomic E-state index is 7.90. The van der Waals surface area contributed by atoms with Gasteiger partial charge in [0, 0.05) is 0 Å². The van der Waals surface area contributed by atoms with Crippen LogP contribution in [0.1, 0.15) is 0 Å². The average Bonchev–Trinajstić information content (AvgIpc) is 1.41. The van der Waals surface area contributed by atoms with E-state index in [9.17, 15) is 0 Å². The molecule has 0 aromatic carbocycles. The summed E-state index contributed by atoms with van der Waals surface area (Å²) in [6, 6.07) is 0. The van der Waals surface area contributed by atoms with E-state index in [1.807, 2.05) is 0 Å². The van der Waals surface area contributed by atoms with Gasteiger partial charge >= 0.3 is 0 Å². The van der Waals surface area contributed by atoms with E-state index in [0.717, 1.165) is 0 Å². The summed E-state index contributed by atoms with van der Waals surface area (Å²) in [6.45, 7) is 0.392. The van der Waals surface area contributed by atoms with Crippen molar-refractivity contribution in [1.29, 1.82) is 0 Å². The third-order valence-electron chi connectivity index (χ3n) is 0.236. The first kappa shape index (κ1) is 4.92. The Kier molecular flexibility index (Phi) is 3.86. The summed E-state index contributed by atoms with van der Waals surface area (Å²) in [5, 5.41) is 7.90. The van der Waals surface area contributed by atoms with Gasteiger partial charge in [-0.3, -0.25) is 0 Å². The molecule has 0 fully saturated rings. The lowest BCUT2D eigenvalue weighted by Crippen LogP contribution is -1.89. The lowest BCUT2D eigenvalue weighted by molar-refractivity contribution is 0.162. The maximum absolute atomic E-state index is 7.90. The van der Waals surface area contributed by atoms with Crippen LogP contribution in [0.5, 0.6) is 0 Å². The van der Waals surface area contributed by atoms with Crippen LogP contribution in [0.15, 0.2) is 0 Å². The van der Waals surface area contributed by atoms with E-state index >= 15 is 0 Å². The van der Waals surface area contributed by atoms with E-state index in [4.69, 9.17) is 5.11 Å². The first-order chi connectivity index (χ1) is 2.41. The molecule has 0 aliphatic heterocycles. The summed E-state index contributed by atoms with van der Waals surface area (Å²) < 4.78 is 4.19. The van der Waals surface area contributed by atoms with Gasteiger partial charge in [-0.05, 0) is 0 Å². The Hall–Kier alpha value is -0.0800.